The van der Waals surface area contributed by atoms with Gasteiger partial charge in [-0.3, -0.25) is 9.59 Å². The highest BCUT2D eigenvalue weighted by Gasteiger charge is 2.32. The number of rotatable bonds is 3. The van der Waals surface area contributed by atoms with Crippen molar-refractivity contribution >= 4 is 23.4 Å². The van der Waals surface area contributed by atoms with Gasteiger partial charge >= 0.3 is 0 Å². The van der Waals surface area contributed by atoms with Gasteiger partial charge < -0.3 is 10.2 Å². The first kappa shape index (κ1) is 16.3. The Labute approximate surface area is 142 Å². The Bertz CT molecular complexity index is 567. The fourth-order valence-electron chi connectivity index (χ4n) is 3.56. The zero-order valence-corrected chi connectivity index (χ0v) is 14.0. The maximum atomic E-state index is 12.5. The van der Waals surface area contributed by atoms with Gasteiger partial charge in [-0.15, -0.1) is 0 Å². The molecule has 0 aromatic heterocycles. The maximum Gasteiger partial charge on any atom is 0.251 e. The second kappa shape index (κ2) is 7.35. The number of likely N-dealkylation sites (tertiary alicyclic amines) is 1. The van der Waals surface area contributed by atoms with E-state index < -0.39 is 0 Å². The standard InChI is InChI=1S/C18H23ClN2O2/c19-15-8-6-13(7-9-15)17(22)20-16-10-11-21(12-16)18(23)14-4-2-1-3-5-14/h6-9,14,16H,1-5,10-12H2,(H,20,22). The summed E-state index contributed by atoms with van der Waals surface area (Å²) in [5.74, 6) is 0.390. The van der Waals surface area contributed by atoms with Gasteiger partial charge in [-0.2, -0.15) is 0 Å². The number of benzene rings is 1. The van der Waals surface area contributed by atoms with E-state index in [1.807, 2.05) is 4.90 Å². The third kappa shape index (κ3) is 4.05. The summed E-state index contributed by atoms with van der Waals surface area (Å²) in [6, 6.07) is 6.91. The van der Waals surface area contributed by atoms with Crippen LogP contribution in [0.1, 0.15) is 48.9 Å². The Morgan fingerprint density at radius 3 is 2.43 bits per heavy atom. The molecule has 0 radical (unpaired) electrons. The van der Waals surface area contributed by atoms with E-state index >= 15 is 0 Å². The van der Waals surface area contributed by atoms with Crippen molar-refractivity contribution in [2.24, 2.45) is 5.92 Å². The number of carbonyl (C=O) groups is 2. The minimum atomic E-state index is -0.0985. The minimum Gasteiger partial charge on any atom is -0.347 e. The summed E-state index contributed by atoms with van der Waals surface area (Å²) in [5, 5.41) is 3.64. The molecule has 5 heteroatoms. The molecule has 1 heterocycles. The fourth-order valence-corrected chi connectivity index (χ4v) is 3.68. The molecule has 23 heavy (non-hydrogen) atoms. The molecule has 1 saturated carbocycles. The summed E-state index contributed by atoms with van der Waals surface area (Å²) < 4.78 is 0. The zero-order valence-electron chi connectivity index (χ0n) is 13.3. The second-order valence-electron chi connectivity index (χ2n) is 6.59. The highest BCUT2D eigenvalue weighted by molar-refractivity contribution is 6.30. The van der Waals surface area contributed by atoms with Crippen LogP contribution >= 0.6 is 11.6 Å². The molecule has 1 aliphatic heterocycles. The first-order valence-electron chi connectivity index (χ1n) is 8.49. The molecular formula is C18H23ClN2O2. The van der Waals surface area contributed by atoms with Gasteiger partial charge in [-0.05, 0) is 43.5 Å². The highest BCUT2D eigenvalue weighted by atomic mass is 35.5. The van der Waals surface area contributed by atoms with Gasteiger partial charge in [0.1, 0.15) is 0 Å². The molecule has 2 amide bonds. The molecule has 1 N–H and O–H groups in total. The average molecular weight is 335 g/mol. The summed E-state index contributed by atoms with van der Waals surface area (Å²) in [5.41, 5.74) is 0.603. The van der Waals surface area contributed by atoms with Gasteiger partial charge in [0.25, 0.3) is 5.91 Å². The summed E-state index contributed by atoms with van der Waals surface area (Å²) in [7, 11) is 0. The van der Waals surface area contributed by atoms with E-state index in [9.17, 15) is 9.59 Å². The fraction of sp³-hybridized carbons (Fsp3) is 0.556. The number of nitrogens with one attached hydrogen (secondary N) is 1. The smallest absolute Gasteiger partial charge is 0.251 e. The minimum absolute atomic E-state index is 0.0470. The van der Waals surface area contributed by atoms with E-state index in [1.54, 1.807) is 24.3 Å². The molecule has 2 aliphatic rings. The number of hydrogen-bond donors (Lipinski definition) is 1. The molecule has 0 spiro atoms. The number of hydrogen-bond acceptors (Lipinski definition) is 2. The summed E-state index contributed by atoms with van der Waals surface area (Å²) in [6.45, 7) is 1.38. The molecule has 2 fully saturated rings. The lowest BCUT2D eigenvalue weighted by Crippen LogP contribution is -2.40. The van der Waals surface area contributed by atoms with Crippen LogP contribution in [0.4, 0.5) is 0 Å². The van der Waals surface area contributed by atoms with Crippen molar-refractivity contribution in [3.63, 3.8) is 0 Å². The summed E-state index contributed by atoms with van der Waals surface area (Å²) >= 11 is 5.84. The number of amides is 2. The Kier molecular flexibility index (Phi) is 5.21. The normalized spacial score (nSPS) is 22.1. The van der Waals surface area contributed by atoms with E-state index in [0.717, 1.165) is 25.8 Å². The molecule has 1 aromatic rings. The van der Waals surface area contributed by atoms with Crippen LogP contribution < -0.4 is 5.32 Å². The number of nitrogens with zero attached hydrogens (tertiary/aromatic N) is 1. The van der Waals surface area contributed by atoms with Crippen molar-refractivity contribution in [3.8, 4) is 0 Å². The predicted molar refractivity (Wildman–Crippen MR) is 90.5 cm³/mol. The Balaban J connectivity index is 1.52. The molecule has 1 unspecified atom stereocenters. The molecule has 0 bridgehead atoms. The molecule has 1 aliphatic carbocycles. The van der Waals surface area contributed by atoms with Crippen molar-refractivity contribution in [1.29, 1.82) is 0 Å². The van der Waals surface area contributed by atoms with Crippen LogP contribution in [-0.2, 0) is 4.79 Å². The van der Waals surface area contributed by atoms with E-state index in [2.05, 4.69) is 5.32 Å². The van der Waals surface area contributed by atoms with Crippen molar-refractivity contribution in [1.82, 2.24) is 10.2 Å². The Morgan fingerprint density at radius 1 is 1.04 bits per heavy atom. The van der Waals surface area contributed by atoms with Crippen LogP contribution in [0.2, 0.25) is 5.02 Å². The van der Waals surface area contributed by atoms with E-state index in [0.29, 0.717) is 17.1 Å². The zero-order chi connectivity index (χ0) is 16.2. The SMILES string of the molecule is O=C(NC1CCN(C(=O)C2CCCCC2)C1)c1ccc(Cl)cc1. The van der Waals surface area contributed by atoms with Crippen molar-refractivity contribution < 1.29 is 9.59 Å². The first-order valence-corrected chi connectivity index (χ1v) is 8.86. The van der Waals surface area contributed by atoms with Crippen LogP contribution in [0.15, 0.2) is 24.3 Å². The largest absolute Gasteiger partial charge is 0.347 e. The van der Waals surface area contributed by atoms with E-state index in [1.165, 1.54) is 19.3 Å². The quantitative estimate of drug-likeness (QED) is 0.922. The van der Waals surface area contributed by atoms with Crippen molar-refractivity contribution in [2.75, 3.05) is 13.1 Å². The third-order valence-corrected chi connectivity index (χ3v) is 5.15. The molecular weight excluding hydrogens is 312 g/mol. The lowest BCUT2D eigenvalue weighted by molar-refractivity contribution is -0.135. The van der Waals surface area contributed by atoms with Crippen LogP contribution in [0.3, 0.4) is 0 Å². The molecule has 124 valence electrons. The lowest BCUT2D eigenvalue weighted by Gasteiger charge is -2.26. The van der Waals surface area contributed by atoms with Crippen molar-refractivity contribution in [2.45, 2.75) is 44.6 Å². The highest BCUT2D eigenvalue weighted by Crippen LogP contribution is 2.26. The van der Waals surface area contributed by atoms with Gasteiger partial charge in [0, 0.05) is 35.6 Å². The molecule has 1 atom stereocenters. The van der Waals surface area contributed by atoms with Gasteiger partial charge in [0.2, 0.25) is 5.91 Å². The average Bonchev–Trinajstić information content (AvgIpc) is 3.04. The van der Waals surface area contributed by atoms with Gasteiger partial charge in [-0.25, -0.2) is 0 Å². The van der Waals surface area contributed by atoms with Gasteiger partial charge in [0.15, 0.2) is 0 Å². The Hall–Kier alpha value is -1.55. The maximum absolute atomic E-state index is 12.5. The van der Waals surface area contributed by atoms with Crippen LogP contribution in [-0.4, -0.2) is 35.8 Å². The monoisotopic (exact) mass is 334 g/mol. The van der Waals surface area contributed by atoms with Crippen LogP contribution in [0, 0.1) is 5.92 Å². The van der Waals surface area contributed by atoms with Crippen LogP contribution in [0.5, 0.6) is 0 Å². The number of carbonyl (C=O) groups excluding carboxylic acids is 2. The number of halogens is 1. The summed E-state index contributed by atoms with van der Waals surface area (Å²) in [4.78, 5) is 26.7. The molecule has 3 rings (SSSR count). The topological polar surface area (TPSA) is 49.4 Å². The third-order valence-electron chi connectivity index (χ3n) is 4.90. The lowest BCUT2D eigenvalue weighted by atomic mass is 9.88. The first-order chi connectivity index (χ1) is 11.1. The Morgan fingerprint density at radius 2 is 1.74 bits per heavy atom. The second-order valence-corrected chi connectivity index (χ2v) is 7.02. The van der Waals surface area contributed by atoms with Gasteiger partial charge in [-0.1, -0.05) is 30.9 Å². The van der Waals surface area contributed by atoms with Crippen LogP contribution in [0.25, 0.3) is 0 Å². The van der Waals surface area contributed by atoms with E-state index in [4.69, 9.17) is 11.6 Å². The summed E-state index contributed by atoms with van der Waals surface area (Å²) in [6.07, 6.45) is 6.47. The van der Waals surface area contributed by atoms with Crippen molar-refractivity contribution in [3.05, 3.63) is 34.9 Å². The predicted octanol–water partition coefficient (Wildman–Crippen LogP) is 3.25. The van der Waals surface area contributed by atoms with E-state index in [-0.39, 0.29) is 23.8 Å². The molecule has 1 saturated heterocycles. The molecule has 1 aromatic carbocycles. The van der Waals surface area contributed by atoms with Gasteiger partial charge in [0.05, 0.1) is 0 Å². The molecule has 4 nitrogen and oxygen atoms in total.